The maximum absolute atomic E-state index is 10.6. The Balaban J connectivity index is 1.96. The third kappa shape index (κ3) is 3.54. The molecule has 96 valence electrons. The van der Waals surface area contributed by atoms with Gasteiger partial charge in [0.2, 0.25) is 0 Å². The minimum Gasteiger partial charge on any atom is -0.306 e. The summed E-state index contributed by atoms with van der Waals surface area (Å²) in [6.07, 6.45) is 6.73. The highest BCUT2D eigenvalue weighted by molar-refractivity contribution is 7.85. The molecule has 0 aromatic carbocycles. The van der Waals surface area contributed by atoms with Crippen LogP contribution in [0.25, 0.3) is 5.57 Å². The van der Waals surface area contributed by atoms with Crippen LogP contribution in [-0.2, 0) is 10.1 Å². The average Bonchev–Trinajstić information content (AvgIpc) is 2.37. The zero-order valence-corrected chi connectivity index (χ0v) is 10.2. The first-order valence-corrected chi connectivity index (χ1v) is 6.80. The molecule has 0 fully saturated rings. The molecule has 8 heteroatoms. The van der Waals surface area contributed by atoms with Gasteiger partial charge in [-0.2, -0.15) is 18.6 Å². The number of nitrogens with one attached hydrogen (secondary N) is 1. The topological polar surface area (TPSA) is 95.4 Å². The lowest BCUT2D eigenvalue weighted by Crippen LogP contribution is -2.35. The van der Waals surface area contributed by atoms with Gasteiger partial charge in [0, 0.05) is 24.2 Å². The van der Waals surface area contributed by atoms with E-state index in [0.29, 0.717) is 0 Å². The van der Waals surface area contributed by atoms with E-state index < -0.39 is 10.1 Å². The molecule has 7 nitrogen and oxygen atoms in total. The quantitative estimate of drug-likeness (QED) is 0.744. The number of hydrogen-bond donors (Lipinski definition) is 2. The largest absolute Gasteiger partial charge is 0.306 e. The molecule has 2 rings (SSSR count). The first-order chi connectivity index (χ1) is 8.54. The van der Waals surface area contributed by atoms with Crippen LogP contribution in [0.4, 0.5) is 0 Å². The molecule has 0 spiro atoms. The second-order valence-corrected chi connectivity index (χ2v) is 5.20. The number of rotatable bonds is 4. The molecule has 2 N–H and O–H groups in total. The number of hydrazine groups is 1. The van der Waals surface area contributed by atoms with E-state index in [2.05, 4.69) is 15.6 Å². The normalized spacial score (nSPS) is 15.2. The summed E-state index contributed by atoms with van der Waals surface area (Å²) in [6.45, 7) is 0.152. The van der Waals surface area contributed by atoms with Crippen molar-refractivity contribution >= 4 is 15.7 Å². The average molecular weight is 268 g/mol. The molecule has 0 aliphatic carbocycles. The molecule has 0 saturated carbocycles. The molecule has 0 bridgehead atoms. The van der Waals surface area contributed by atoms with Crippen molar-refractivity contribution in [2.75, 3.05) is 12.3 Å². The highest BCUT2D eigenvalue weighted by atomic mass is 32.2. The second kappa shape index (κ2) is 5.15. The number of hydrogen-bond acceptors (Lipinski definition) is 6. The standard InChI is InChI=1S/C10H12N4O3S/c15-18(16,17)7-6-14-5-3-9(8-12-14)10-2-1-4-11-13-10/h1-5,8,12H,6-7H2,(H,15,16,17). The lowest BCUT2D eigenvalue weighted by atomic mass is 10.2. The molecular formula is C10H12N4O3S. The Hall–Kier alpha value is -1.93. The number of allylic oxidation sites excluding steroid dienone is 2. The smallest absolute Gasteiger partial charge is 0.266 e. The SMILES string of the molecule is O=S(=O)(O)CCN1C=CC(c2cccnn2)=CN1. The van der Waals surface area contributed by atoms with Gasteiger partial charge in [-0.05, 0) is 18.2 Å². The van der Waals surface area contributed by atoms with E-state index in [-0.39, 0.29) is 12.3 Å². The monoisotopic (exact) mass is 268 g/mol. The van der Waals surface area contributed by atoms with Crippen molar-refractivity contribution < 1.29 is 13.0 Å². The Morgan fingerprint density at radius 1 is 1.44 bits per heavy atom. The molecule has 1 aliphatic rings. The third-order valence-electron chi connectivity index (χ3n) is 2.28. The van der Waals surface area contributed by atoms with Gasteiger partial charge in [-0.25, -0.2) is 0 Å². The molecule has 0 amide bonds. The van der Waals surface area contributed by atoms with Gasteiger partial charge >= 0.3 is 0 Å². The molecule has 1 aromatic heterocycles. The Bertz CT molecular complexity index is 568. The van der Waals surface area contributed by atoms with Crippen LogP contribution in [0, 0.1) is 0 Å². The van der Waals surface area contributed by atoms with Crippen molar-refractivity contribution in [3.05, 3.63) is 42.5 Å². The van der Waals surface area contributed by atoms with Crippen LogP contribution in [0.2, 0.25) is 0 Å². The molecule has 0 atom stereocenters. The Morgan fingerprint density at radius 2 is 2.28 bits per heavy atom. The molecule has 1 aromatic rings. The van der Waals surface area contributed by atoms with Gasteiger partial charge in [0.25, 0.3) is 10.1 Å². The summed E-state index contributed by atoms with van der Waals surface area (Å²) in [6, 6.07) is 3.60. The van der Waals surface area contributed by atoms with Crippen LogP contribution in [-0.4, -0.2) is 40.5 Å². The van der Waals surface area contributed by atoms with Crippen LogP contribution < -0.4 is 5.43 Å². The van der Waals surface area contributed by atoms with Crippen LogP contribution in [0.5, 0.6) is 0 Å². The summed E-state index contributed by atoms with van der Waals surface area (Å²) >= 11 is 0. The van der Waals surface area contributed by atoms with Crippen molar-refractivity contribution in [2.45, 2.75) is 0 Å². The predicted molar refractivity (Wildman–Crippen MR) is 65.4 cm³/mol. The fourth-order valence-corrected chi connectivity index (χ4v) is 1.81. The lowest BCUT2D eigenvalue weighted by Gasteiger charge is -2.23. The molecule has 18 heavy (non-hydrogen) atoms. The van der Waals surface area contributed by atoms with Crippen LogP contribution in [0.1, 0.15) is 5.69 Å². The summed E-state index contributed by atoms with van der Waals surface area (Å²) in [7, 11) is -3.95. The molecule has 0 saturated heterocycles. The summed E-state index contributed by atoms with van der Waals surface area (Å²) in [5.41, 5.74) is 4.44. The Kier molecular flexibility index (Phi) is 3.58. The van der Waals surface area contributed by atoms with Gasteiger partial charge in [-0.3, -0.25) is 9.56 Å². The Morgan fingerprint density at radius 3 is 2.83 bits per heavy atom. The summed E-state index contributed by atoms with van der Waals surface area (Å²) in [5.74, 6) is -0.335. The van der Waals surface area contributed by atoms with E-state index >= 15 is 0 Å². The highest BCUT2D eigenvalue weighted by Crippen LogP contribution is 2.14. The second-order valence-electron chi connectivity index (χ2n) is 3.63. The van der Waals surface area contributed by atoms with Crippen molar-refractivity contribution in [1.29, 1.82) is 0 Å². The van der Waals surface area contributed by atoms with E-state index in [0.717, 1.165) is 11.3 Å². The van der Waals surface area contributed by atoms with Gasteiger partial charge in [-0.1, -0.05) is 0 Å². The first-order valence-electron chi connectivity index (χ1n) is 5.19. The fraction of sp³-hybridized carbons (Fsp3) is 0.200. The van der Waals surface area contributed by atoms with E-state index in [1.54, 1.807) is 35.7 Å². The predicted octanol–water partition coefficient (Wildman–Crippen LogP) is 0.0392. The van der Waals surface area contributed by atoms with Gasteiger partial charge < -0.3 is 5.43 Å². The van der Waals surface area contributed by atoms with Gasteiger partial charge in [0.15, 0.2) is 0 Å². The van der Waals surface area contributed by atoms with Crippen molar-refractivity contribution in [3.8, 4) is 0 Å². The zero-order valence-electron chi connectivity index (χ0n) is 9.39. The fourth-order valence-electron chi connectivity index (χ4n) is 1.38. The number of aromatic nitrogens is 2. The van der Waals surface area contributed by atoms with Gasteiger partial charge in [0.05, 0.1) is 18.0 Å². The molecular weight excluding hydrogens is 256 g/mol. The van der Waals surface area contributed by atoms with E-state index in [9.17, 15) is 8.42 Å². The van der Waals surface area contributed by atoms with E-state index in [4.69, 9.17) is 4.55 Å². The van der Waals surface area contributed by atoms with Crippen LogP contribution >= 0.6 is 0 Å². The van der Waals surface area contributed by atoms with Crippen molar-refractivity contribution in [3.63, 3.8) is 0 Å². The summed E-state index contributed by atoms with van der Waals surface area (Å²) < 4.78 is 29.8. The highest BCUT2D eigenvalue weighted by Gasteiger charge is 2.10. The molecule has 0 unspecified atom stereocenters. The first kappa shape index (κ1) is 12.5. The van der Waals surface area contributed by atoms with Crippen molar-refractivity contribution in [1.82, 2.24) is 20.6 Å². The van der Waals surface area contributed by atoms with Crippen LogP contribution in [0.3, 0.4) is 0 Å². The van der Waals surface area contributed by atoms with E-state index in [1.807, 2.05) is 6.07 Å². The van der Waals surface area contributed by atoms with Crippen molar-refractivity contribution in [2.24, 2.45) is 0 Å². The Labute approximate surface area is 105 Å². The van der Waals surface area contributed by atoms with Gasteiger partial charge in [0.1, 0.15) is 0 Å². The minimum absolute atomic E-state index is 0.152. The lowest BCUT2D eigenvalue weighted by molar-refractivity contribution is 0.327. The summed E-state index contributed by atoms with van der Waals surface area (Å²) in [5, 5.41) is 9.27. The maximum atomic E-state index is 10.6. The molecule has 1 aliphatic heterocycles. The third-order valence-corrected chi connectivity index (χ3v) is 2.98. The zero-order chi connectivity index (χ0) is 13.0. The molecule has 0 radical (unpaired) electrons. The number of nitrogens with zero attached hydrogens (tertiary/aromatic N) is 3. The molecule has 2 heterocycles. The van der Waals surface area contributed by atoms with E-state index in [1.165, 1.54) is 0 Å². The minimum atomic E-state index is -3.95. The maximum Gasteiger partial charge on any atom is 0.266 e. The van der Waals surface area contributed by atoms with Crippen LogP contribution in [0.15, 0.2) is 36.8 Å². The van der Waals surface area contributed by atoms with Gasteiger partial charge in [-0.15, -0.1) is 0 Å². The summed E-state index contributed by atoms with van der Waals surface area (Å²) in [4.78, 5) is 0.